The van der Waals surface area contributed by atoms with E-state index in [2.05, 4.69) is 15.4 Å². The summed E-state index contributed by atoms with van der Waals surface area (Å²) in [5, 5.41) is 12.4. The molecule has 1 aliphatic carbocycles. The molecule has 23 heavy (non-hydrogen) atoms. The van der Waals surface area contributed by atoms with Crippen molar-refractivity contribution in [2.24, 2.45) is 0 Å². The molecule has 1 aromatic heterocycles. The Balaban J connectivity index is 1.66. The first-order chi connectivity index (χ1) is 11.3. The average molecular weight is 313 g/mol. The van der Waals surface area contributed by atoms with Gasteiger partial charge in [0.1, 0.15) is 6.54 Å². The quantitative estimate of drug-likeness (QED) is 0.851. The van der Waals surface area contributed by atoms with Crippen molar-refractivity contribution >= 4 is 5.91 Å². The van der Waals surface area contributed by atoms with E-state index in [-0.39, 0.29) is 12.5 Å². The molecule has 2 aromatic rings. The molecule has 0 saturated heterocycles. The summed E-state index contributed by atoms with van der Waals surface area (Å²) in [5.41, 5.74) is 0.908. The van der Waals surface area contributed by atoms with Crippen LogP contribution in [0.4, 0.5) is 0 Å². The summed E-state index contributed by atoms with van der Waals surface area (Å²) in [7, 11) is 0. The minimum Gasteiger partial charge on any atom is -0.338 e. The first-order valence-electron chi connectivity index (χ1n) is 8.40. The van der Waals surface area contributed by atoms with Gasteiger partial charge in [-0.3, -0.25) is 4.79 Å². The average Bonchev–Trinajstić information content (AvgIpc) is 3.06. The smallest absolute Gasteiger partial charge is 0.246 e. The van der Waals surface area contributed by atoms with Crippen LogP contribution in [0.3, 0.4) is 0 Å². The predicted molar refractivity (Wildman–Crippen MR) is 87.5 cm³/mol. The molecule has 1 saturated carbocycles. The Morgan fingerprint density at radius 3 is 2.65 bits per heavy atom. The molecule has 6 heteroatoms. The van der Waals surface area contributed by atoms with Gasteiger partial charge in [-0.05, 0) is 25.0 Å². The van der Waals surface area contributed by atoms with Gasteiger partial charge in [-0.1, -0.05) is 49.6 Å². The van der Waals surface area contributed by atoms with Gasteiger partial charge in [-0.25, -0.2) is 0 Å². The van der Waals surface area contributed by atoms with Crippen LogP contribution in [0, 0.1) is 0 Å². The zero-order chi connectivity index (χ0) is 16.1. The number of benzene rings is 1. The van der Waals surface area contributed by atoms with E-state index in [9.17, 15) is 4.79 Å². The third kappa shape index (κ3) is 3.75. The monoisotopic (exact) mass is 313 g/mol. The Kier molecular flexibility index (Phi) is 5.00. The molecule has 1 aliphatic rings. The third-order valence-electron chi connectivity index (χ3n) is 4.44. The molecule has 0 N–H and O–H groups in total. The van der Waals surface area contributed by atoms with Crippen LogP contribution in [-0.4, -0.2) is 43.6 Å². The lowest BCUT2D eigenvalue weighted by atomic mass is 9.94. The number of hydrogen-bond acceptors (Lipinski definition) is 4. The number of hydrogen-bond donors (Lipinski definition) is 0. The Morgan fingerprint density at radius 2 is 1.96 bits per heavy atom. The van der Waals surface area contributed by atoms with Gasteiger partial charge in [-0.2, -0.15) is 4.80 Å². The second-order valence-corrected chi connectivity index (χ2v) is 5.98. The highest BCUT2D eigenvalue weighted by Crippen LogP contribution is 2.22. The number of nitrogens with zero attached hydrogens (tertiary/aromatic N) is 5. The molecule has 1 aromatic carbocycles. The zero-order valence-electron chi connectivity index (χ0n) is 13.6. The molecule has 0 spiro atoms. The fourth-order valence-corrected chi connectivity index (χ4v) is 3.26. The summed E-state index contributed by atoms with van der Waals surface area (Å²) in [6.45, 7) is 2.94. The summed E-state index contributed by atoms with van der Waals surface area (Å²) in [6, 6.07) is 10.1. The van der Waals surface area contributed by atoms with E-state index >= 15 is 0 Å². The van der Waals surface area contributed by atoms with Crippen molar-refractivity contribution in [3.8, 4) is 11.4 Å². The topological polar surface area (TPSA) is 63.9 Å². The van der Waals surface area contributed by atoms with Crippen LogP contribution in [0.5, 0.6) is 0 Å². The molecule has 0 bridgehead atoms. The number of carbonyl (C=O) groups excluding carboxylic acids is 1. The van der Waals surface area contributed by atoms with Gasteiger partial charge in [0.05, 0.1) is 0 Å². The Labute approximate surface area is 136 Å². The number of tetrazole rings is 1. The molecule has 0 radical (unpaired) electrons. The lowest BCUT2D eigenvalue weighted by Crippen LogP contribution is -2.43. The van der Waals surface area contributed by atoms with Crippen molar-refractivity contribution in [2.75, 3.05) is 6.54 Å². The summed E-state index contributed by atoms with van der Waals surface area (Å²) in [6.07, 6.45) is 5.94. The predicted octanol–water partition coefficient (Wildman–Crippen LogP) is 2.52. The maximum atomic E-state index is 12.6. The van der Waals surface area contributed by atoms with Gasteiger partial charge in [0.25, 0.3) is 0 Å². The third-order valence-corrected chi connectivity index (χ3v) is 4.44. The number of rotatable bonds is 5. The minimum absolute atomic E-state index is 0.0800. The van der Waals surface area contributed by atoms with Crippen molar-refractivity contribution in [1.82, 2.24) is 25.1 Å². The molecular weight excluding hydrogens is 290 g/mol. The Bertz CT molecular complexity index is 633. The van der Waals surface area contributed by atoms with E-state index in [0.717, 1.165) is 24.9 Å². The van der Waals surface area contributed by atoms with Gasteiger partial charge in [0.15, 0.2) is 0 Å². The highest BCUT2D eigenvalue weighted by atomic mass is 16.2. The van der Waals surface area contributed by atoms with Crippen molar-refractivity contribution in [2.45, 2.75) is 51.6 Å². The number of likely N-dealkylation sites (N-methyl/N-ethyl adjacent to an activating group) is 1. The molecule has 6 nitrogen and oxygen atoms in total. The van der Waals surface area contributed by atoms with E-state index in [1.807, 2.05) is 42.2 Å². The fraction of sp³-hybridized carbons (Fsp3) is 0.529. The van der Waals surface area contributed by atoms with E-state index in [1.54, 1.807) is 0 Å². The lowest BCUT2D eigenvalue weighted by molar-refractivity contribution is -0.135. The highest BCUT2D eigenvalue weighted by Gasteiger charge is 2.24. The van der Waals surface area contributed by atoms with Crippen LogP contribution < -0.4 is 0 Å². The Morgan fingerprint density at radius 1 is 1.22 bits per heavy atom. The number of aromatic nitrogens is 4. The normalized spacial score (nSPS) is 15.5. The van der Waals surface area contributed by atoms with Crippen LogP contribution in [0.2, 0.25) is 0 Å². The molecule has 3 rings (SSSR count). The van der Waals surface area contributed by atoms with Gasteiger partial charge >= 0.3 is 0 Å². The minimum atomic E-state index is 0.0800. The second kappa shape index (κ2) is 7.35. The van der Waals surface area contributed by atoms with Gasteiger partial charge in [0.2, 0.25) is 11.7 Å². The molecule has 0 atom stereocenters. The molecular formula is C17H23N5O. The van der Waals surface area contributed by atoms with Gasteiger partial charge in [-0.15, -0.1) is 10.2 Å². The van der Waals surface area contributed by atoms with Crippen molar-refractivity contribution in [1.29, 1.82) is 0 Å². The molecule has 1 amide bonds. The second-order valence-electron chi connectivity index (χ2n) is 5.98. The number of carbonyl (C=O) groups is 1. The molecule has 0 aliphatic heterocycles. The Hall–Kier alpha value is -2.24. The van der Waals surface area contributed by atoms with Crippen LogP contribution in [0.1, 0.15) is 39.0 Å². The van der Waals surface area contributed by atoms with E-state index < -0.39 is 0 Å². The van der Waals surface area contributed by atoms with Gasteiger partial charge < -0.3 is 4.90 Å². The summed E-state index contributed by atoms with van der Waals surface area (Å²) >= 11 is 0. The molecule has 122 valence electrons. The fourth-order valence-electron chi connectivity index (χ4n) is 3.26. The molecule has 1 fully saturated rings. The summed E-state index contributed by atoms with van der Waals surface area (Å²) in [5.74, 6) is 0.635. The van der Waals surface area contributed by atoms with Crippen molar-refractivity contribution in [3.05, 3.63) is 30.3 Å². The van der Waals surface area contributed by atoms with Crippen molar-refractivity contribution < 1.29 is 4.79 Å². The first-order valence-corrected chi connectivity index (χ1v) is 8.40. The van der Waals surface area contributed by atoms with E-state index in [1.165, 1.54) is 24.1 Å². The van der Waals surface area contributed by atoms with E-state index in [0.29, 0.717) is 11.9 Å². The van der Waals surface area contributed by atoms with Gasteiger partial charge in [0, 0.05) is 18.2 Å². The maximum Gasteiger partial charge on any atom is 0.246 e. The zero-order valence-corrected chi connectivity index (χ0v) is 13.6. The SMILES string of the molecule is CCN(C(=O)Cn1nnc(-c2ccccc2)n1)C1CCCCC1. The van der Waals surface area contributed by atoms with Crippen LogP contribution >= 0.6 is 0 Å². The molecule has 0 unspecified atom stereocenters. The largest absolute Gasteiger partial charge is 0.338 e. The standard InChI is InChI=1S/C17H23N5O/c1-2-21(15-11-7-4-8-12-15)16(23)13-22-19-17(18-20-22)14-9-5-3-6-10-14/h3,5-6,9-10,15H,2,4,7-8,11-13H2,1H3. The van der Waals surface area contributed by atoms with Crippen LogP contribution in [-0.2, 0) is 11.3 Å². The summed E-state index contributed by atoms with van der Waals surface area (Å²) in [4.78, 5) is 16.0. The van der Waals surface area contributed by atoms with Crippen LogP contribution in [0.25, 0.3) is 11.4 Å². The van der Waals surface area contributed by atoms with E-state index in [4.69, 9.17) is 0 Å². The highest BCUT2D eigenvalue weighted by molar-refractivity contribution is 5.76. The lowest BCUT2D eigenvalue weighted by Gasteiger charge is -2.33. The first kappa shape index (κ1) is 15.6. The van der Waals surface area contributed by atoms with Crippen molar-refractivity contribution in [3.63, 3.8) is 0 Å². The number of amides is 1. The molecule has 1 heterocycles. The maximum absolute atomic E-state index is 12.6. The van der Waals surface area contributed by atoms with Crippen LogP contribution in [0.15, 0.2) is 30.3 Å². The summed E-state index contributed by atoms with van der Waals surface area (Å²) < 4.78 is 0.